The summed E-state index contributed by atoms with van der Waals surface area (Å²) < 4.78 is 0. The first-order chi connectivity index (χ1) is 10.2. The molecule has 1 aromatic rings. The number of nitrogens with one attached hydrogen (secondary N) is 1. The number of halogens is 1. The van der Waals surface area contributed by atoms with Crippen molar-refractivity contribution in [3.8, 4) is 0 Å². The highest BCUT2D eigenvalue weighted by Crippen LogP contribution is 2.20. The minimum atomic E-state index is 0.670. The second kappa shape index (κ2) is 8.62. The predicted octanol–water partition coefficient (Wildman–Crippen LogP) is 3.24. The largest absolute Gasteiger partial charge is 0.369 e. The molecule has 3 nitrogen and oxygen atoms in total. The van der Waals surface area contributed by atoms with Gasteiger partial charge in [0.15, 0.2) is 0 Å². The fourth-order valence-corrected chi connectivity index (χ4v) is 3.10. The molecule has 1 saturated heterocycles. The maximum atomic E-state index is 5.96. The molecule has 1 aromatic carbocycles. The van der Waals surface area contributed by atoms with Gasteiger partial charge in [-0.05, 0) is 43.7 Å². The Kier molecular flexibility index (Phi) is 6.81. The maximum absolute atomic E-state index is 5.96. The molecule has 1 fully saturated rings. The van der Waals surface area contributed by atoms with Crippen LogP contribution in [0.1, 0.15) is 26.7 Å². The fourth-order valence-electron chi connectivity index (χ4n) is 2.97. The zero-order valence-corrected chi connectivity index (χ0v) is 14.1. The Labute approximate surface area is 134 Å². The van der Waals surface area contributed by atoms with Gasteiger partial charge in [0.25, 0.3) is 0 Å². The normalized spacial score (nSPS) is 18.0. The topological polar surface area (TPSA) is 18.5 Å². The van der Waals surface area contributed by atoms with E-state index in [1.165, 1.54) is 18.5 Å². The van der Waals surface area contributed by atoms with Crippen LogP contribution < -0.4 is 10.2 Å². The lowest BCUT2D eigenvalue weighted by Crippen LogP contribution is -2.52. The van der Waals surface area contributed by atoms with Gasteiger partial charge in [-0.25, -0.2) is 0 Å². The highest BCUT2D eigenvalue weighted by Gasteiger charge is 2.22. The fraction of sp³-hybridized carbons (Fsp3) is 0.647. The van der Waals surface area contributed by atoms with E-state index in [2.05, 4.69) is 41.1 Å². The molecule has 2 rings (SSSR count). The van der Waals surface area contributed by atoms with Crippen molar-refractivity contribution < 1.29 is 0 Å². The molecule has 1 atom stereocenters. The second-order valence-corrected chi connectivity index (χ2v) is 6.20. The van der Waals surface area contributed by atoms with Crippen molar-refractivity contribution in [3.05, 3.63) is 29.3 Å². The van der Waals surface area contributed by atoms with Gasteiger partial charge in [-0.3, -0.25) is 4.90 Å². The van der Waals surface area contributed by atoms with Crippen molar-refractivity contribution in [1.82, 2.24) is 10.2 Å². The molecule has 1 heterocycles. The predicted molar refractivity (Wildman–Crippen MR) is 92.5 cm³/mol. The van der Waals surface area contributed by atoms with E-state index in [1.54, 1.807) is 0 Å². The number of piperazine rings is 1. The van der Waals surface area contributed by atoms with Gasteiger partial charge < -0.3 is 10.2 Å². The van der Waals surface area contributed by atoms with Crippen LogP contribution >= 0.6 is 11.6 Å². The average Bonchev–Trinajstić information content (AvgIpc) is 2.53. The van der Waals surface area contributed by atoms with Crippen LogP contribution in [-0.4, -0.2) is 50.2 Å². The summed E-state index contributed by atoms with van der Waals surface area (Å²) in [5.41, 5.74) is 1.29. The van der Waals surface area contributed by atoms with E-state index >= 15 is 0 Å². The summed E-state index contributed by atoms with van der Waals surface area (Å²) >= 11 is 5.96. The molecule has 0 spiro atoms. The minimum Gasteiger partial charge on any atom is -0.369 e. The molecule has 0 aromatic heterocycles. The van der Waals surface area contributed by atoms with Crippen molar-refractivity contribution in [3.63, 3.8) is 0 Å². The first-order valence-corrected chi connectivity index (χ1v) is 8.57. The van der Waals surface area contributed by atoms with Gasteiger partial charge in [-0.2, -0.15) is 0 Å². The number of hydrogen-bond acceptors (Lipinski definition) is 3. The first-order valence-electron chi connectivity index (χ1n) is 8.19. The summed E-state index contributed by atoms with van der Waals surface area (Å²) in [5, 5.41) is 4.37. The summed E-state index contributed by atoms with van der Waals surface area (Å²) in [6, 6.07) is 8.87. The lowest BCUT2D eigenvalue weighted by atomic mass is 10.1. The van der Waals surface area contributed by atoms with Crippen LogP contribution in [0.4, 0.5) is 5.69 Å². The molecule has 1 unspecified atom stereocenters. The summed E-state index contributed by atoms with van der Waals surface area (Å²) in [6.45, 7) is 11.3. The van der Waals surface area contributed by atoms with Crippen LogP contribution in [0.25, 0.3) is 0 Å². The standard InChI is InChI=1S/C17H28ClN3/c1-3-9-19-14-16(4-2)20-10-12-21(13-11-20)17-7-5-15(18)6-8-17/h5-8,16,19H,3-4,9-14H2,1-2H3. The third kappa shape index (κ3) is 4.87. The van der Waals surface area contributed by atoms with Crippen LogP contribution in [0.5, 0.6) is 0 Å². The van der Waals surface area contributed by atoms with E-state index in [-0.39, 0.29) is 0 Å². The summed E-state index contributed by atoms with van der Waals surface area (Å²) in [4.78, 5) is 5.09. The monoisotopic (exact) mass is 309 g/mol. The van der Waals surface area contributed by atoms with Gasteiger partial charge in [-0.1, -0.05) is 25.4 Å². The number of benzene rings is 1. The van der Waals surface area contributed by atoms with Gasteiger partial charge >= 0.3 is 0 Å². The van der Waals surface area contributed by atoms with Crippen molar-refractivity contribution in [2.24, 2.45) is 0 Å². The molecule has 0 amide bonds. The molecule has 1 aliphatic rings. The van der Waals surface area contributed by atoms with Crippen molar-refractivity contribution in [2.75, 3.05) is 44.2 Å². The van der Waals surface area contributed by atoms with Crippen LogP contribution in [0.15, 0.2) is 24.3 Å². The van der Waals surface area contributed by atoms with Gasteiger partial charge in [0.2, 0.25) is 0 Å². The molecule has 21 heavy (non-hydrogen) atoms. The van der Waals surface area contributed by atoms with Gasteiger partial charge in [-0.15, -0.1) is 0 Å². The highest BCUT2D eigenvalue weighted by atomic mass is 35.5. The smallest absolute Gasteiger partial charge is 0.0407 e. The third-order valence-electron chi connectivity index (χ3n) is 4.30. The lowest BCUT2D eigenvalue weighted by molar-refractivity contribution is 0.176. The zero-order chi connectivity index (χ0) is 15.1. The molecular formula is C17H28ClN3. The number of hydrogen-bond donors (Lipinski definition) is 1. The van der Waals surface area contributed by atoms with E-state index in [9.17, 15) is 0 Å². The Morgan fingerprint density at radius 1 is 1.10 bits per heavy atom. The zero-order valence-electron chi connectivity index (χ0n) is 13.3. The Balaban J connectivity index is 1.82. The minimum absolute atomic E-state index is 0.670. The molecule has 0 aliphatic carbocycles. The number of anilines is 1. The molecule has 0 radical (unpaired) electrons. The Hall–Kier alpha value is -0.770. The van der Waals surface area contributed by atoms with Crippen LogP contribution in [0.3, 0.4) is 0 Å². The summed E-state index contributed by atoms with van der Waals surface area (Å²) in [5.74, 6) is 0. The van der Waals surface area contributed by atoms with Crippen LogP contribution in [0, 0.1) is 0 Å². The van der Waals surface area contributed by atoms with Gasteiger partial charge in [0.05, 0.1) is 0 Å². The summed E-state index contributed by atoms with van der Waals surface area (Å²) in [6.07, 6.45) is 2.43. The average molecular weight is 310 g/mol. The summed E-state index contributed by atoms with van der Waals surface area (Å²) in [7, 11) is 0. The van der Waals surface area contributed by atoms with Gasteiger partial charge in [0.1, 0.15) is 0 Å². The molecular weight excluding hydrogens is 282 g/mol. The molecule has 4 heteroatoms. The quantitative estimate of drug-likeness (QED) is 0.780. The van der Waals surface area contributed by atoms with Crippen molar-refractivity contribution >= 4 is 17.3 Å². The first kappa shape index (κ1) is 16.6. The lowest BCUT2D eigenvalue weighted by Gasteiger charge is -2.40. The Morgan fingerprint density at radius 3 is 2.33 bits per heavy atom. The van der Waals surface area contributed by atoms with E-state index in [0.29, 0.717) is 6.04 Å². The van der Waals surface area contributed by atoms with Crippen molar-refractivity contribution in [2.45, 2.75) is 32.7 Å². The second-order valence-electron chi connectivity index (χ2n) is 5.77. The van der Waals surface area contributed by atoms with Crippen molar-refractivity contribution in [1.29, 1.82) is 0 Å². The SMILES string of the molecule is CCCNCC(CC)N1CCN(c2ccc(Cl)cc2)CC1. The maximum Gasteiger partial charge on any atom is 0.0407 e. The molecule has 118 valence electrons. The van der Waals surface area contributed by atoms with Crippen LogP contribution in [0.2, 0.25) is 5.02 Å². The van der Waals surface area contributed by atoms with E-state index in [1.807, 2.05) is 12.1 Å². The van der Waals surface area contributed by atoms with E-state index in [4.69, 9.17) is 11.6 Å². The molecule has 1 N–H and O–H groups in total. The Morgan fingerprint density at radius 2 is 1.76 bits per heavy atom. The molecule has 0 bridgehead atoms. The number of rotatable bonds is 7. The molecule has 1 aliphatic heterocycles. The third-order valence-corrected chi connectivity index (χ3v) is 4.55. The van der Waals surface area contributed by atoms with Crippen LogP contribution in [-0.2, 0) is 0 Å². The Bertz CT molecular complexity index is 399. The van der Waals surface area contributed by atoms with Gasteiger partial charge in [0, 0.05) is 49.5 Å². The number of nitrogens with zero attached hydrogens (tertiary/aromatic N) is 2. The van der Waals surface area contributed by atoms with E-state index in [0.717, 1.165) is 44.3 Å². The molecule has 0 saturated carbocycles. The van der Waals surface area contributed by atoms with E-state index < -0.39 is 0 Å². The highest BCUT2D eigenvalue weighted by molar-refractivity contribution is 6.30.